The molecule has 0 aromatic rings. The van der Waals surface area contributed by atoms with Crippen LogP contribution in [0.25, 0.3) is 0 Å². The molecular formula is C8H16N+. The average molecular weight is 126 g/mol. The van der Waals surface area contributed by atoms with E-state index in [1.165, 1.54) is 0 Å². The van der Waals surface area contributed by atoms with E-state index < -0.39 is 0 Å². The van der Waals surface area contributed by atoms with Gasteiger partial charge in [-0.05, 0) is 19.4 Å². The van der Waals surface area contributed by atoms with E-state index in [4.69, 9.17) is 0 Å². The third-order valence-electron chi connectivity index (χ3n) is 1.23. The Morgan fingerprint density at radius 3 is 2.33 bits per heavy atom. The van der Waals surface area contributed by atoms with Crippen molar-refractivity contribution in [1.29, 1.82) is 0 Å². The van der Waals surface area contributed by atoms with Crippen LogP contribution in [-0.2, 0) is 0 Å². The molecule has 0 unspecified atom stereocenters. The third-order valence-corrected chi connectivity index (χ3v) is 1.23. The van der Waals surface area contributed by atoms with Gasteiger partial charge < -0.3 is 0 Å². The minimum absolute atomic E-state index is 1.06. The highest BCUT2D eigenvalue weighted by atomic mass is 15.0. The molecule has 0 heterocycles. The van der Waals surface area contributed by atoms with Gasteiger partial charge in [-0.15, -0.1) is 0 Å². The zero-order chi connectivity index (χ0) is 7.11. The summed E-state index contributed by atoms with van der Waals surface area (Å²) in [6.07, 6.45) is 7.46. The van der Waals surface area contributed by atoms with Crippen LogP contribution in [0.5, 0.6) is 0 Å². The summed E-state index contributed by atoms with van der Waals surface area (Å²) in [5, 5.41) is 0. The summed E-state index contributed by atoms with van der Waals surface area (Å²) in [5.74, 6) is 0. The van der Waals surface area contributed by atoms with Crippen molar-refractivity contribution in [3.8, 4) is 0 Å². The third kappa shape index (κ3) is 3.95. The van der Waals surface area contributed by atoms with Gasteiger partial charge in [-0.25, -0.2) is 4.58 Å². The summed E-state index contributed by atoms with van der Waals surface area (Å²) in [4.78, 5) is 0. The first-order valence-electron chi connectivity index (χ1n) is 3.57. The van der Waals surface area contributed by atoms with Gasteiger partial charge in [0.05, 0.1) is 0 Å². The molecule has 0 spiro atoms. The molecule has 0 aromatic heterocycles. The second-order valence-corrected chi connectivity index (χ2v) is 1.88. The molecule has 0 amide bonds. The topological polar surface area (TPSA) is 3.01 Å². The van der Waals surface area contributed by atoms with Crippen molar-refractivity contribution in [2.45, 2.75) is 27.2 Å². The van der Waals surface area contributed by atoms with Gasteiger partial charge in [0.15, 0.2) is 6.20 Å². The van der Waals surface area contributed by atoms with Crippen LogP contribution < -0.4 is 0 Å². The Morgan fingerprint density at radius 2 is 2.00 bits per heavy atom. The van der Waals surface area contributed by atoms with Crippen molar-refractivity contribution in [2.24, 2.45) is 0 Å². The van der Waals surface area contributed by atoms with E-state index in [0.717, 1.165) is 13.0 Å². The van der Waals surface area contributed by atoms with Crippen molar-refractivity contribution in [2.75, 3.05) is 6.54 Å². The molecule has 0 saturated heterocycles. The van der Waals surface area contributed by atoms with E-state index in [1.54, 1.807) is 0 Å². The fourth-order valence-corrected chi connectivity index (χ4v) is 0.615. The SMILES string of the molecule is CC=[N+](/C=C\CC)CC. The van der Waals surface area contributed by atoms with Crippen molar-refractivity contribution in [1.82, 2.24) is 0 Å². The van der Waals surface area contributed by atoms with Gasteiger partial charge >= 0.3 is 0 Å². The minimum Gasteiger partial charge on any atom is -0.210 e. The molecule has 1 heteroatoms. The van der Waals surface area contributed by atoms with E-state index >= 15 is 0 Å². The molecule has 0 saturated carbocycles. The predicted octanol–water partition coefficient (Wildman–Crippen LogP) is 2.03. The van der Waals surface area contributed by atoms with Crippen LogP contribution in [0, 0.1) is 0 Å². The van der Waals surface area contributed by atoms with Crippen LogP contribution in [0.1, 0.15) is 27.2 Å². The molecule has 0 rings (SSSR count). The average Bonchev–Trinajstić information content (AvgIpc) is 1.91. The van der Waals surface area contributed by atoms with Crippen LogP contribution in [0.2, 0.25) is 0 Å². The Bertz CT molecular complexity index is 112. The maximum atomic E-state index is 2.16. The normalized spacial score (nSPS) is 13.0. The fraction of sp³-hybridized carbons (Fsp3) is 0.625. The van der Waals surface area contributed by atoms with Crippen LogP contribution in [-0.4, -0.2) is 17.3 Å². The Morgan fingerprint density at radius 1 is 1.33 bits per heavy atom. The smallest absolute Gasteiger partial charge is 0.164 e. The summed E-state index contributed by atoms with van der Waals surface area (Å²) in [5.41, 5.74) is 0. The lowest BCUT2D eigenvalue weighted by molar-refractivity contribution is -0.448. The molecule has 0 N–H and O–H groups in total. The van der Waals surface area contributed by atoms with Crippen LogP contribution >= 0.6 is 0 Å². The molecule has 9 heavy (non-hydrogen) atoms. The number of rotatable bonds is 3. The molecule has 0 aromatic carbocycles. The summed E-state index contributed by atoms with van der Waals surface area (Å²) < 4.78 is 2.16. The highest BCUT2D eigenvalue weighted by Gasteiger charge is 1.86. The van der Waals surface area contributed by atoms with Crippen LogP contribution in [0.3, 0.4) is 0 Å². The monoisotopic (exact) mass is 126 g/mol. The highest BCUT2D eigenvalue weighted by Crippen LogP contribution is 1.80. The van der Waals surface area contributed by atoms with Gasteiger partial charge in [0, 0.05) is 6.92 Å². The molecule has 1 nitrogen and oxygen atoms in total. The molecule has 0 radical (unpaired) electrons. The maximum Gasteiger partial charge on any atom is 0.164 e. The summed E-state index contributed by atoms with van der Waals surface area (Å²) >= 11 is 0. The van der Waals surface area contributed by atoms with Gasteiger partial charge in [0.1, 0.15) is 12.8 Å². The van der Waals surface area contributed by atoms with E-state index in [1.807, 2.05) is 6.92 Å². The molecular weight excluding hydrogens is 110 g/mol. The molecule has 0 aliphatic carbocycles. The van der Waals surface area contributed by atoms with Crippen molar-refractivity contribution < 1.29 is 4.58 Å². The molecule has 52 valence electrons. The van der Waals surface area contributed by atoms with E-state index in [-0.39, 0.29) is 0 Å². The molecule has 0 aliphatic rings. The number of hydrogen-bond acceptors (Lipinski definition) is 0. The Labute approximate surface area is 57.7 Å². The first-order chi connectivity index (χ1) is 4.35. The Hall–Kier alpha value is -0.590. The van der Waals surface area contributed by atoms with Gasteiger partial charge in [0.2, 0.25) is 0 Å². The first kappa shape index (κ1) is 8.41. The molecule has 0 bridgehead atoms. The standard InChI is InChI=1S/C8H16N/c1-4-7-8-9(5-2)6-3/h5,7-8H,4,6H2,1-3H3/q+1/b8-7-,9-5?. The van der Waals surface area contributed by atoms with Gasteiger partial charge in [0.25, 0.3) is 0 Å². The highest BCUT2D eigenvalue weighted by molar-refractivity contribution is 5.47. The summed E-state index contributed by atoms with van der Waals surface area (Å²) in [6.45, 7) is 7.39. The fourth-order valence-electron chi connectivity index (χ4n) is 0.615. The second kappa shape index (κ2) is 5.54. The van der Waals surface area contributed by atoms with E-state index in [9.17, 15) is 0 Å². The van der Waals surface area contributed by atoms with E-state index in [0.29, 0.717) is 0 Å². The van der Waals surface area contributed by atoms with Gasteiger partial charge in [-0.3, -0.25) is 0 Å². The summed E-state index contributed by atoms with van der Waals surface area (Å²) in [6, 6.07) is 0. The van der Waals surface area contributed by atoms with Crippen LogP contribution in [0.15, 0.2) is 12.3 Å². The van der Waals surface area contributed by atoms with Crippen molar-refractivity contribution in [3.05, 3.63) is 12.3 Å². The first-order valence-corrected chi connectivity index (χ1v) is 3.57. The van der Waals surface area contributed by atoms with Gasteiger partial charge in [-0.1, -0.05) is 6.92 Å². The largest absolute Gasteiger partial charge is 0.210 e. The number of nitrogens with zero attached hydrogens (tertiary/aromatic N) is 1. The zero-order valence-electron chi connectivity index (χ0n) is 6.59. The second-order valence-electron chi connectivity index (χ2n) is 1.88. The molecule has 0 fully saturated rings. The quantitative estimate of drug-likeness (QED) is 0.402. The van der Waals surface area contributed by atoms with Gasteiger partial charge in [-0.2, -0.15) is 0 Å². The maximum absolute atomic E-state index is 2.16. The summed E-state index contributed by atoms with van der Waals surface area (Å²) in [7, 11) is 0. The lowest BCUT2D eigenvalue weighted by atomic mass is 10.4. The zero-order valence-corrected chi connectivity index (χ0v) is 6.59. The van der Waals surface area contributed by atoms with Crippen molar-refractivity contribution >= 4 is 6.21 Å². The minimum atomic E-state index is 1.06. The lowest BCUT2D eigenvalue weighted by Crippen LogP contribution is -2.01. The van der Waals surface area contributed by atoms with Crippen molar-refractivity contribution in [3.63, 3.8) is 0 Å². The Kier molecular flexibility index (Phi) is 5.18. The van der Waals surface area contributed by atoms with Crippen LogP contribution in [0.4, 0.5) is 0 Å². The number of allylic oxidation sites excluding steroid dienone is 1. The molecule has 0 aliphatic heterocycles. The number of hydrogen-bond donors (Lipinski definition) is 0. The predicted molar refractivity (Wildman–Crippen MR) is 42.0 cm³/mol. The molecule has 0 atom stereocenters. The Balaban J connectivity index is 3.70. The lowest BCUT2D eigenvalue weighted by Gasteiger charge is -1.87. The van der Waals surface area contributed by atoms with E-state index in [2.05, 4.69) is 36.9 Å².